The molecule has 0 aliphatic heterocycles. The number of carbonyl (C=O) groups excluding carboxylic acids is 3. The Morgan fingerprint density at radius 3 is 1.29 bits per heavy atom. The van der Waals surface area contributed by atoms with Crippen molar-refractivity contribution in [2.24, 2.45) is 5.73 Å². The second kappa shape index (κ2) is 16.1. The summed E-state index contributed by atoms with van der Waals surface area (Å²) in [7, 11) is 0. The third-order valence-electron chi connectivity index (χ3n) is 5.10. The van der Waals surface area contributed by atoms with Crippen LogP contribution in [0.15, 0.2) is 0 Å². The molecule has 0 aromatic heterocycles. The van der Waals surface area contributed by atoms with Crippen molar-refractivity contribution in [2.45, 2.75) is 155 Å². The van der Waals surface area contributed by atoms with Gasteiger partial charge in [-0.25, -0.2) is 14.4 Å². The van der Waals surface area contributed by atoms with Gasteiger partial charge in [0.1, 0.15) is 16.8 Å². The maximum absolute atomic E-state index is 11.4. The van der Waals surface area contributed by atoms with Crippen molar-refractivity contribution in [3.63, 3.8) is 0 Å². The smallest absolute Gasteiger partial charge is 0.444 e. The van der Waals surface area contributed by atoms with Gasteiger partial charge in [-0.2, -0.15) is 0 Å². The van der Waals surface area contributed by atoms with Gasteiger partial charge in [0.2, 0.25) is 0 Å². The van der Waals surface area contributed by atoms with E-state index in [0.29, 0.717) is 6.04 Å². The highest BCUT2D eigenvalue weighted by atomic mass is 16.8. The number of alkyl carbamates (subject to hydrolysis) is 1. The van der Waals surface area contributed by atoms with Gasteiger partial charge in [0.25, 0.3) is 0 Å². The minimum absolute atomic E-state index is 0.0604. The molecule has 2 fully saturated rings. The van der Waals surface area contributed by atoms with Crippen LogP contribution in [0.5, 0.6) is 0 Å². The van der Waals surface area contributed by atoms with E-state index in [2.05, 4.69) is 10.1 Å². The molecular formula is C27H52N2O9. The average Bonchev–Trinajstić information content (AvgIpc) is 2.68. The van der Waals surface area contributed by atoms with E-state index in [-0.39, 0.29) is 24.3 Å². The lowest BCUT2D eigenvalue weighted by Crippen LogP contribution is -2.41. The van der Waals surface area contributed by atoms with Gasteiger partial charge >= 0.3 is 18.4 Å². The van der Waals surface area contributed by atoms with Crippen molar-refractivity contribution in [3.05, 3.63) is 0 Å². The third kappa shape index (κ3) is 21.9. The standard InChI is InChI=1S/C11H21NO3.C10H18O5.C6H13NO/c1-11(2,3)15-10(14)12-8-4-6-9(13)7-5-8;1-9(2,3)14-7(11)13-8(12)15-10(4,5)6;7-5-1-3-6(8)4-2-5/h8-9,13H,4-7H2,1-3H3,(H,12,14);1-6H3;5-6,8H,1-4,7H2. The predicted octanol–water partition coefficient (Wildman–Crippen LogP) is 4.94. The van der Waals surface area contributed by atoms with Gasteiger partial charge in [-0.15, -0.1) is 0 Å². The highest BCUT2D eigenvalue weighted by molar-refractivity contribution is 5.77. The quantitative estimate of drug-likeness (QED) is 0.200. The number of nitrogens with two attached hydrogens (primary N) is 1. The van der Waals surface area contributed by atoms with E-state index in [1.165, 1.54) is 0 Å². The number of rotatable bonds is 1. The molecule has 2 aliphatic carbocycles. The molecular weight excluding hydrogens is 496 g/mol. The number of carbonyl (C=O) groups is 3. The predicted molar refractivity (Wildman–Crippen MR) is 144 cm³/mol. The lowest BCUT2D eigenvalue weighted by Gasteiger charge is -2.27. The molecule has 11 heteroatoms. The maximum Gasteiger partial charge on any atom is 0.519 e. The first kappa shape index (κ1) is 35.9. The summed E-state index contributed by atoms with van der Waals surface area (Å²) in [6, 6.07) is 0.515. The zero-order valence-corrected chi connectivity index (χ0v) is 24.8. The molecule has 0 saturated heterocycles. The van der Waals surface area contributed by atoms with E-state index in [0.717, 1.165) is 51.4 Å². The molecule has 0 atom stereocenters. The first-order valence-corrected chi connectivity index (χ1v) is 13.4. The van der Waals surface area contributed by atoms with Crippen LogP contribution < -0.4 is 11.1 Å². The summed E-state index contributed by atoms with van der Waals surface area (Å²) in [5.41, 5.74) is 3.75. The molecule has 11 nitrogen and oxygen atoms in total. The van der Waals surface area contributed by atoms with Gasteiger partial charge in [-0.3, -0.25) is 0 Å². The van der Waals surface area contributed by atoms with Crippen LogP contribution in [0, 0.1) is 0 Å². The molecule has 1 amide bonds. The molecule has 0 heterocycles. The second-order valence-electron chi connectivity index (χ2n) is 12.8. The van der Waals surface area contributed by atoms with Gasteiger partial charge in [0.15, 0.2) is 0 Å². The largest absolute Gasteiger partial charge is 0.519 e. The summed E-state index contributed by atoms with van der Waals surface area (Å²) < 4.78 is 19.0. The molecule has 2 saturated carbocycles. The Morgan fingerprint density at radius 2 is 0.974 bits per heavy atom. The number of ether oxygens (including phenoxy) is 4. The van der Waals surface area contributed by atoms with E-state index >= 15 is 0 Å². The number of aliphatic hydroxyl groups is 2. The highest BCUT2D eigenvalue weighted by Crippen LogP contribution is 2.19. The molecule has 38 heavy (non-hydrogen) atoms. The van der Waals surface area contributed by atoms with Crippen LogP contribution in [-0.2, 0) is 18.9 Å². The van der Waals surface area contributed by atoms with Gasteiger partial charge in [-0.1, -0.05) is 0 Å². The summed E-state index contributed by atoms with van der Waals surface area (Å²) in [6.45, 7) is 15.6. The molecule has 5 N–H and O–H groups in total. The number of amides is 1. The van der Waals surface area contributed by atoms with Crippen molar-refractivity contribution in [3.8, 4) is 0 Å². The lowest BCUT2D eigenvalue weighted by molar-refractivity contribution is -0.0294. The van der Waals surface area contributed by atoms with E-state index in [9.17, 15) is 19.5 Å². The zero-order valence-electron chi connectivity index (χ0n) is 24.8. The Morgan fingerprint density at radius 1 is 0.632 bits per heavy atom. The van der Waals surface area contributed by atoms with Gasteiger partial charge in [0.05, 0.1) is 12.2 Å². The van der Waals surface area contributed by atoms with Crippen molar-refractivity contribution in [1.29, 1.82) is 0 Å². The summed E-state index contributed by atoms with van der Waals surface area (Å²) in [4.78, 5) is 33.4. The van der Waals surface area contributed by atoms with Crippen LogP contribution in [0.2, 0.25) is 0 Å². The Kier molecular flexibility index (Phi) is 15.2. The molecule has 0 spiro atoms. The third-order valence-corrected chi connectivity index (χ3v) is 5.10. The van der Waals surface area contributed by atoms with Crippen molar-refractivity contribution in [1.82, 2.24) is 5.32 Å². The molecule has 2 aliphatic rings. The summed E-state index contributed by atoms with van der Waals surface area (Å²) in [5.74, 6) is 0. The Labute approximate surface area is 228 Å². The monoisotopic (exact) mass is 548 g/mol. The van der Waals surface area contributed by atoms with Crippen molar-refractivity contribution < 1.29 is 43.5 Å². The minimum Gasteiger partial charge on any atom is -0.444 e. The van der Waals surface area contributed by atoms with E-state index in [1.54, 1.807) is 41.5 Å². The molecule has 0 bridgehead atoms. The van der Waals surface area contributed by atoms with Gasteiger partial charge < -0.3 is 40.2 Å². The lowest BCUT2D eigenvalue weighted by atomic mass is 9.93. The normalized spacial score (nSPS) is 23.8. The van der Waals surface area contributed by atoms with E-state index in [4.69, 9.17) is 25.1 Å². The highest BCUT2D eigenvalue weighted by Gasteiger charge is 2.25. The first-order valence-electron chi connectivity index (χ1n) is 13.4. The fourth-order valence-corrected chi connectivity index (χ4v) is 3.41. The Hall–Kier alpha value is -2.11. The van der Waals surface area contributed by atoms with Crippen LogP contribution in [-0.4, -0.2) is 69.7 Å². The molecule has 2 rings (SSSR count). The SMILES string of the molecule is CC(C)(C)OC(=O)NC1CCC(O)CC1.CC(C)(C)OC(=O)OC(=O)OC(C)(C)C.NC1CCC(O)CC1. The molecule has 0 aromatic carbocycles. The molecule has 0 radical (unpaired) electrons. The molecule has 0 unspecified atom stereocenters. The molecule has 0 aromatic rings. The van der Waals surface area contributed by atoms with Crippen LogP contribution >= 0.6 is 0 Å². The number of aliphatic hydroxyl groups excluding tert-OH is 2. The zero-order chi connectivity index (χ0) is 29.7. The Balaban J connectivity index is 0.000000565. The summed E-state index contributed by atoms with van der Waals surface area (Å²) in [5, 5.41) is 21.1. The van der Waals surface area contributed by atoms with E-state index < -0.39 is 29.1 Å². The van der Waals surface area contributed by atoms with Crippen LogP contribution in [0.3, 0.4) is 0 Å². The van der Waals surface area contributed by atoms with Gasteiger partial charge in [-0.05, 0) is 114 Å². The van der Waals surface area contributed by atoms with Gasteiger partial charge in [0, 0.05) is 12.1 Å². The fourth-order valence-electron chi connectivity index (χ4n) is 3.41. The van der Waals surface area contributed by atoms with E-state index in [1.807, 2.05) is 20.8 Å². The summed E-state index contributed by atoms with van der Waals surface area (Å²) >= 11 is 0. The van der Waals surface area contributed by atoms with Crippen LogP contribution in [0.4, 0.5) is 14.4 Å². The number of nitrogens with one attached hydrogen (secondary N) is 1. The fraction of sp³-hybridized carbons (Fsp3) is 0.889. The minimum atomic E-state index is -1.06. The number of hydrogen-bond acceptors (Lipinski definition) is 10. The topological polar surface area (TPSA) is 167 Å². The summed E-state index contributed by atoms with van der Waals surface area (Å²) in [6.07, 6.45) is 4.28. The second-order valence-corrected chi connectivity index (χ2v) is 12.8. The first-order chi connectivity index (χ1) is 17.1. The maximum atomic E-state index is 11.4. The van der Waals surface area contributed by atoms with Crippen LogP contribution in [0.25, 0.3) is 0 Å². The van der Waals surface area contributed by atoms with Crippen molar-refractivity contribution in [2.75, 3.05) is 0 Å². The van der Waals surface area contributed by atoms with Crippen LogP contribution in [0.1, 0.15) is 114 Å². The number of hydrogen-bond donors (Lipinski definition) is 4. The Bertz CT molecular complexity index is 672. The average molecular weight is 549 g/mol. The molecule has 224 valence electrons. The van der Waals surface area contributed by atoms with Crippen molar-refractivity contribution >= 4 is 18.4 Å².